The van der Waals surface area contributed by atoms with Gasteiger partial charge in [-0.2, -0.15) is 0 Å². The van der Waals surface area contributed by atoms with Gasteiger partial charge < -0.3 is 0 Å². The summed E-state index contributed by atoms with van der Waals surface area (Å²) in [7, 11) is 1.89. The standard InChI is InChI=1S/C6H11ClO2S/c1-6(2)4-3-5(6)10(7,8)9/h5H,3-4H2,1-2H3. The minimum absolute atomic E-state index is 0.0966. The van der Waals surface area contributed by atoms with Gasteiger partial charge in [-0.05, 0) is 18.3 Å². The van der Waals surface area contributed by atoms with Gasteiger partial charge in [0.25, 0.3) is 0 Å². The molecule has 1 saturated carbocycles. The summed E-state index contributed by atoms with van der Waals surface area (Å²) < 4.78 is 21.6. The van der Waals surface area contributed by atoms with Crippen molar-refractivity contribution in [1.29, 1.82) is 0 Å². The van der Waals surface area contributed by atoms with Crippen molar-refractivity contribution in [3.05, 3.63) is 0 Å². The Bertz CT molecular complexity index is 230. The Labute approximate surface area is 66.0 Å². The molecular formula is C6H11ClO2S. The van der Waals surface area contributed by atoms with E-state index in [0.717, 1.165) is 12.8 Å². The second-order valence-corrected chi connectivity index (χ2v) is 6.30. The lowest BCUT2D eigenvalue weighted by Crippen LogP contribution is -2.43. The Hall–Kier alpha value is 0.240. The van der Waals surface area contributed by atoms with Crippen LogP contribution in [0, 0.1) is 5.41 Å². The van der Waals surface area contributed by atoms with Crippen LogP contribution in [0.5, 0.6) is 0 Å². The van der Waals surface area contributed by atoms with Crippen molar-refractivity contribution >= 4 is 19.7 Å². The molecule has 1 atom stereocenters. The van der Waals surface area contributed by atoms with Gasteiger partial charge in [-0.15, -0.1) is 0 Å². The van der Waals surface area contributed by atoms with Crippen LogP contribution >= 0.6 is 10.7 Å². The quantitative estimate of drug-likeness (QED) is 0.579. The van der Waals surface area contributed by atoms with E-state index in [4.69, 9.17) is 10.7 Å². The molecule has 1 fully saturated rings. The largest absolute Gasteiger partial charge is 0.235 e. The van der Waals surface area contributed by atoms with E-state index in [1.165, 1.54) is 0 Å². The van der Waals surface area contributed by atoms with Crippen LogP contribution in [-0.2, 0) is 9.05 Å². The normalized spacial score (nSPS) is 31.3. The molecule has 0 aromatic carbocycles. The van der Waals surface area contributed by atoms with Crippen molar-refractivity contribution in [1.82, 2.24) is 0 Å². The lowest BCUT2D eigenvalue weighted by molar-refractivity contribution is 0.197. The molecule has 1 unspecified atom stereocenters. The lowest BCUT2D eigenvalue weighted by atomic mass is 9.72. The Balaban J connectivity index is 2.80. The summed E-state index contributed by atoms with van der Waals surface area (Å²) in [6, 6.07) is 0. The fourth-order valence-corrected chi connectivity index (χ4v) is 3.63. The SMILES string of the molecule is CC1(C)CCC1S(=O)(=O)Cl. The number of hydrogen-bond donors (Lipinski definition) is 0. The molecule has 0 radical (unpaired) electrons. The number of hydrogen-bond acceptors (Lipinski definition) is 2. The van der Waals surface area contributed by atoms with Crippen LogP contribution in [0.15, 0.2) is 0 Å². The molecule has 0 saturated heterocycles. The molecular weight excluding hydrogens is 172 g/mol. The first kappa shape index (κ1) is 8.34. The van der Waals surface area contributed by atoms with Crippen molar-refractivity contribution in [2.75, 3.05) is 0 Å². The van der Waals surface area contributed by atoms with Gasteiger partial charge in [-0.25, -0.2) is 8.42 Å². The van der Waals surface area contributed by atoms with Crippen LogP contribution in [0.3, 0.4) is 0 Å². The average molecular weight is 183 g/mol. The van der Waals surface area contributed by atoms with Gasteiger partial charge in [0.1, 0.15) is 0 Å². The third kappa shape index (κ3) is 1.30. The number of halogens is 1. The van der Waals surface area contributed by atoms with Gasteiger partial charge in [0, 0.05) is 10.7 Å². The molecule has 10 heavy (non-hydrogen) atoms. The molecule has 0 spiro atoms. The summed E-state index contributed by atoms with van der Waals surface area (Å²) in [6.45, 7) is 3.86. The predicted molar refractivity (Wildman–Crippen MR) is 41.6 cm³/mol. The van der Waals surface area contributed by atoms with E-state index < -0.39 is 9.05 Å². The Morgan fingerprint density at radius 3 is 2.00 bits per heavy atom. The third-order valence-electron chi connectivity index (χ3n) is 2.26. The molecule has 0 heterocycles. The Kier molecular flexibility index (Phi) is 1.76. The van der Waals surface area contributed by atoms with Gasteiger partial charge in [0.05, 0.1) is 5.25 Å². The fraction of sp³-hybridized carbons (Fsp3) is 1.00. The van der Waals surface area contributed by atoms with Crippen molar-refractivity contribution in [3.63, 3.8) is 0 Å². The highest BCUT2D eigenvalue weighted by atomic mass is 35.7. The molecule has 2 nitrogen and oxygen atoms in total. The maximum atomic E-state index is 10.8. The molecule has 1 rings (SSSR count). The molecule has 0 amide bonds. The van der Waals surface area contributed by atoms with E-state index in [1.54, 1.807) is 0 Å². The molecule has 4 heteroatoms. The van der Waals surface area contributed by atoms with Crippen LogP contribution in [0.4, 0.5) is 0 Å². The van der Waals surface area contributed by atoms with Crippen molar-refractivity contribution in [2.24, 2.45) is 5.41 Å². The van der Waals surface area contributed by atoms with E-state index in [-0.39, 0.29) is 10.7 Å². The molecule has 0 aliphatic heterocycles. The third-order valence-corrected chi connectivity index (χ3v) is 4.46. The van der Waals surface area contributed by atoms with Crippen molar-refractivity contribution < 1.29 is 8.42 Å². The van der Waals surface area contributed by atoms with Crippen LogP contribution < -0.4 is 0 Å². The van der Waals surface area contributed by atoms with Crippen LogP contribution in [0.25, 0.3) is 0 Å². The lowest BCUT2D eigenvalue weighted by Gasteiger charge is -2.41. The van der Waals surface area contributed by atoms with E-state index in [2.05, 4.69) is 0 Å². The first-order valence-electron chi connectivity index (χ1n) is 3.27. The Morgan fingerprint density at radius 1 is 1.50 bits per heavy atom. The van der Waals surface area contributed by atoms with Gasteiger partial charge in [-0.1, -0.05) is 13.8 Å². The highest BCUT2D eigenvalue weighted by molar-refractivity contribution is 8.14. The molecule has 1 aliphatic rings. The van der Waals surface area contributed by atoms with Crippen LogP contribution in [-0.4, -0.2) is 13.7 Å². The van der Waals surface area contributed by atoms with Crippen molar-refractivity contribution in [2.45, 2.75) is 31.9 Å². The van der Waals surface area contributed by atoms with Gasteiger partial charge in [0.15, 0.2) is 0 Å². The van der Waals surface area contributed by atoms with E-state index in [9.17, 15) is 8.42 Å². The maximum absolute atomic E-state index is 10.8. The van der Waals surface area contributed by atoms with E-state index >= 15 is 0 Å². The minimum Gasteiger partial charge on any atom is -0.212 e. The molecule has 0 aromatic rings. The second-order valence-electron chi connectivity index (χ2n) is 3.49. The molecule has 0 N–H and O–H groups in total. The summed E-state index contributed by atoms with van der Waals surface area (Å²) in [4.78, 5) is 0. The zero-order chi connectivity index (χ0) is 7.99. The highest BCUT2D eigenvalue weighted by Gasteiger charge is 2.46. The topological polar surface area (TPSA) is 34.1 Å². The monoisotopic (exact) mass is 182 g/mol. The number of rotatable bonds is 1. The van der Waals surface area contributed by atoms with E-state index in [1.807, 2.05) is 13.8 Å². The highest BCUT2D eigenvalue weighted by Crippen LogP contribution is 2.45. The van der Waals surface area contributed by atoms with Crippen molar-refractivity contribution in [3.8, 4) is 0 Å². The summed E-state index contributed by atoms with van der Waals surface area (Å²) in [5, 5.41) is -0.318. The summed E-state index contributed by atoms with van der Waals surface area (Å²) in [6.07, 6.45) is 1.68. The summed E-state index contributed by atoms with van der Waals surface area (Å²) in [5.74, 6) is 0. The Morgan fingerprint density at radius 2 is 2.00 bits per heavy atom. The summed E-state index contributed by atoms with van der Waals surface area (Å²) >= 11 is 0. The molecule has 0 bridgehead atoms. The average Bonchev–Trinajstić information content (AvgIpc) is 1.58. The van der Waals surface area contributed by atoms with Crippen LogP contribution in [0.2, 0.25) is 0 Å². The van der Waals surface area contributed by atoms with Gasteiger partial charge in [0.2, 0.25) is 9.05 Å². The second kappa shape index (κ2) is 2.11. The van der Waals surface area contributed by atoms with E-state index in [0.29, 0.717) is 0 Å². The minimum atomic E-state index is -3.30. The smallest absolute Gasteiger partial charge is 0.212 e. The predicted octanol–water partition coefficient (Wildman–Crippen LogP) is 1.74. The zero-order valence-electron chi connectivity index (χ0n) is 6.09. The first-order chi connectivity index (χ1) is 4.34. The van der Waals surface area contributed by atoms with Gasteiger partial charge >= 0.3 is 0 Å². The molecule has 60 valence electrons. The molecule has 1 aliphatic carbocycles. The van der Waals surface area contributed by atoms with Crippen LogP contribution in [0.1, 0.15) is 26.7 Å². The maximum Gasteiger partial charge on any atom is 0.235 e. The summed E-state index contributed by atoms with van der Waals surface area (Å²) in [5.41, 5.74) is -0.0966. The molecule has 0 aromatic heterocycles. The fourth-order valence-electron chi connectivity index (χ4n) is 1.36. The van der Waals surface area contributed by atoms with Gasteiger partial charge in [-0.3, -0.25) is 0 Å². The first-order valence-corrected chi connectivity index (χ1v) is 5.65. The zero-order valence-corrected chi connectivity index (χ0v) is 7.67.